The van der Waals surface area contributed by atoms with Crippen molar-refractivity contribution in [3.63, 3.8) is 0 Å². The third kappa shape index (κ3) is 32.7. The number of rotatable bonds is 38. The van der Waals surface area contributed by atoms with E-state index in [2.05, 4.69) is 83.3 Å². The van der Waals surface area contributed by atoms with Crippen LogP contribution in [0.4, 0.5) is 0 Å². The minimum atomic E-state index is -4.19. The number of quaternary nitrogens is 1. The number of phosphoric ester groups is 1. The second-order valence-corrected chi connectivity index (χ2v) is 23.0. The maximum Gasteiger partial charge on any atom is 0.472 e. The fraction of sp³-hybridized carbons (Fsp3) is 1.00. The number of piperidine rings is 1. The molecule has 1 rings (SSSR count). The fourth-order valence-corrected chi connectivity index (χ4v) is 9.70. The van der Waals surface area contributed by atoms with Gasteiger partial charge in [0, 0.05) is 26.1 Å². The molecule has 8 heteroatoms. The van der Waals surface area contributed by atoms with E-state index < -0.39 is 13.9 Å². The van der Waals surface area contributed by atoms with E-state index in [1.807, 2.05) is 0 Å². The SMILES string of the molecule is CC(C)CCCC(C)CCCC(C)CCCC(C)CCOCC(COP(=O)(O)OC1CC[N+](C)(C)CC1)OCCC(C)CCCC(C)CCCC(C)CCCC(C)C. The first-order valence-electron chi connectivity index (χ1n) is 25.0. The molecule has 0 aromatic carbocycles. The highest BCUT2D eigenvalue weighted by molar-refractivity contribution is 7.47. The summed E-state index contributed by atoms with van der Waals surface area (Å²) in [6.45, 7) is 27.2. The van der Waals surface area contributed by atoms with Gasteiger partial charge in [0.2, 0.25) is 0 Å². The van der Waals surface area contributed by atoms with E-state index in [9.17, 15) is 9.46 Å². The van der Waals surface area contributed by atoms with Crippen molar-refractivity contribution >= 4 is 7.82 Å². The lowest BCUT2D eigenvalue weighted by Gasteiger charge is -2.37. The minimum Gasteiger partial charge on any atom is -0.379 e. The van der Waals surface area contributed by atoms with Gasteiger partial charge in [-0.15, -0.1) is 0 Å². The summed E-state index contributed by atoms with van der Waals surface area (Å²) in [5.74, 6) is 6.16. The molecule has 0 amide bonds. The predicted octanol–water partition coefficient (Wildman–Crippen LogP) is 14.7. The van der Waals surface area contributed by atoms with E-state index in [1.165, 1.54) is 116 Å². The summed E-state index contributed by atoms with van der Waals surface area (Å²) in [6, 6.07) is 0. The van der Waals surface area contributed by atoms with Crippen LogP contribution >= 0.6 is 7.82 Å². The van der Waals surface area contributed by atoms with Crippen LogP contribution in [-0.2, 0) is 23.1 Å². The van der Waals surface area contributed by atoms with Gasteiger partial charge in [0.15, 0.2) is 0 Å². The zero-order chi connectivity index (χ0) is 43.4. The Morgan fingerprint density at radius 1 is 0.517 bits per heavy atom. The molecule has 1 aliphatic heterocycles. The molecule has 0 saturated carbocycles. The highest BCUT2D eigenvalue weighted by Crippen LogP contribution is 2.46. The molecule has 1 heterocycles. The normalized spacial score (nSPS) is 19.8. The Morgan fingerprint density at radius 3 is 1.24 bits per heavy atom. The maximum absolute atomic E-state index is 13.0. The molecule has 1 aliphatic rings. The molecule has 8 unspecified atom stereocenters. The van der Waals surface area contributed by atoms with Crippen LogP contribution < -0.4 is 0 Å². The third-order valence-electron chi connectivity index (χ3n) is 13.4. The number of hydrogen-bond donors (Lipinski definition) is 1. The molecule has 0 aromatic rings. The molecular weight excluding hydrogens is 742 g/mol. The summed E-state index contributed by atoms with van der Waals surface area (Å²) in [6.07, 6.45) is 26.9. The van der Waals surface area contributed by atoms with Crippen LogP contribution in [0.3, 0.4) is 0 Å². The van der Waals surface area contributed by atoms with E-state index in [1.54, 1.807) is 0 Å². The smallest absolute Gasteiger partial charge is 0.379 e. The summed E-state index contributed by atoms with van der Waals surface area (Å²) in [7, 11) is 0.182. The van der Waals surface area contributed by atoms with Crippen molar-refractivity contribution in [2.45, 2.75) is 223 Å². The maximum atomic E-state index is 13.0. The molecule has 0 radical (unpaired) electrons. The van der Waals surface area contributed by atoms with Crippen molar-refractivity contribution in [3.8, 4) is 0 Å². The quantitative estimate of drug-likeness (QED) is 0.0379. The lowest BCUT2D eigenvalue weighted by Crippen LogP contribution is -2.47. The molecular formula is C50H103NO6P+. The molecule has 7 nitrogen and oxygen atoms in total. The van der Waals surface area contributed by atoms with E-state index in [0.717, 1.165) is 78.8 Å². The third-order valence-corrected chi connectivity index (χ3v) is 14.4. The van der Waals surface area contributed by atoms with Gasteiger partial charge in [-0.25, -0.2) is 4.57 Å². The predicted molar refractivity (Wildman–Crippen MR) is 249 cm³/mol. The number of hydrogen-bond acceptors (Lipinski definition) is 5. The Hall–Kier alpha value is -0.0100. The zero-order valence-electron chi connectivity index (χ0n) is 41.0. The lowest BCUT2D eigenvalue weighted by molar-refractivity contribution is -0.896. The van der Waals surface area contributed by atoms with Crippen molar-refractivity contribution in [1.82, 2.24) is 0 Å². The van der Waals surface area contributed by atoms with Crippen molar-refractivity contribution in [3.05, 3.63) is 0 Å². The molecule has 348 valence electrons. The van der Waals surface area contributed by atoms with Crippen molar-refractivity contribution in [2.75, 3.05) is 53.6 Å². The van der Waals surface area contributed by atoms with Gasteiger partial charge < -0.3 is 18.9 Å². The molecule has 1 fully saturated rings. The lowest BCUT2D eigenvalue weighted by atomic mass is 9.91. The molecule has 0 bridgehead atoms. The molecule has 8 atom stereocenters. The average molecular weight is 845 g/mol. The van der Waals surface area contributed by atoms with Crippen LogP contribution in [0.1, 0.15) is 210 Å². The second-order valence-electron chi connectivity index (χ2n) is 21.6. The van der Waals surface area contributed by atoms with Crippen LogP contribution in [0.15, 0.2) is 0 Å². The Balaban J connectivity index is 2.42. The number of phosphoric acid groups is 1. The van der Waals surface area contributed by atoms with E-state index in [0.29, 0.717) is 31.7 Å². The van der Waals surface area contributed by atoms with Crippen molar-refractivity contribution < 1.29 is 32.5 Å². The van der Waals surface area contributed by atoms with Crippen LogP contribution in [0.2, 0.25) is 0 Å². The molecule has 0 aliphatic carbocycles. The van der Waals surface area contributed by atoms with E-state index in [4.69, 9.17) is 18.5 Å². The van der Waals surface area contributed by atoms with Gasteiger partial charge >= 0.3 is 7.82 Å². The van der Waals surface area contributed by atoms with Crippen LogP contribution in [0.25, 0.3) is 0 Å². The largest absolute Gasteiger partial charge is 0.472 e. The fourth-order valence-electron chi connectivity index (χ4n) is 8.70. The van der Waals surface area contributed by atoms with Gasteiger partial charge in [0.1, 0.15) is 6.10 Å². The number of ether oxygens (including phenoxy) is 2. The molecule has 58 heavy (non-hydrogen) atoms. The average Bonchev–Trinajstić information content (AvgIpc) is 3.12. The van der Waals surface area contributed by atoms with Gasteiger partial charge in [-0.1, -0.05) is 185 Å². The summed E-state index contributed by atoms with van der Waals surface area (Å²) in [5.41, 5.74) is 0. The summed E-state index contributed by atoms with van der Waals surface area (Å²) in [5, 5.41) is 0. The van der Waals surface area contributed by atoms with Gasteiger partial charge in [0.05, 0.1) is 46.5 Å². The second kappa shape index (κ2) is 32.6. The first-order chi connectivity index (χ1) is 27.4. The molecule has 0 spiro atoms. The van der Waals surface area contributed by atoms with E-state index >= 15 is 0 Å². The first-order valence-corrected chi connectivity index (χ1v) is 26.5. The zero-order valence-corrected chi connectivity index (χ0v) is 41.8. The van der Waals surface area contributed by atoms with Gasteiger partial charge in [-0.3, -0.25) is 9.05 Å². The van der Waals surface area contributed by atoms with E-state index in [-0.39, 0.29) is 12.7 Å². The summed E-state index contributed by atoms with van der Waals surface area (Å²) in [4.78, 5) is 10.6. The Kier molecular flexibility index (Phi) is 31.5. The van der Waals surface area contributed by atoms with Crippen LogP contribution in [0, 0.1) is 47.3 Å². The monoisotopic (exact) mass is 845 g/mol. The minimum absolute atomic E-state index is 0.00550. The van der Waals surface area contributed by atoms with Gasteiger partial charge in [0.25, 0.3) is 0 Å². The summed E-state index contributed by atoms with van der Waals surface area (Å²) < 4.78 is 37.6. The Bertz CT molecular complexity index is 999. The highest BCUT2D eigenvalue weighted by Gasteiger charge is 2.33. The standard InChI is InChI=1S/C50H102NO6P/c1-41(2)19-13-21-43(5)23-15-25-45(7)27-17-29-47(9)33-37-54-39-50(40-56-58(52,53)57-49-31-35-51(11,12)36-32-49)55-38-34-48(10)30-18-28-46(8)26-16-24-44(6)22-14-20-42(3)4/h41-50H,13-40H2,1-12H3/p+1. The van der Waals surface area contributed by atoms with Gasteiger partial charge in [-0.05, 0) is 60.2 Å². The van der Waals surface area contributed by atoms with Gasteiger partial charge in [-0.2, -0.15) is 0 Å². The topological polar surface area (TPSA) is 74.2 Å². The Morgan fingerprint density at radius 2 is 0.862 bits per heavy atom. The van der Waals surface area contributed by atoms with Crippen molar-refractivity contribution in [1.29, 1.82) is 0 Å². The molecule has 1 saturated heterocycles. The number of nitrogens with zero attached hydrogens (tertiary/aromatic N) is 1. The van der Waals surface area contributed by atoms with Crippen molar-refractivity contribution in [2.24, 2.45) is 47.3 Å². The van der Waals surface area contributed by atoms with Crippen LogP contribution in [0.5, 0.6) is 0 Å². The summed E-state index contributed by atoms with van der Waals surface area (Å²) >= 11 is 0. The number of likely N-dealkylation sites (tertiary alicyclic amines) is 1. The highest BCUT2D eigenvalue weighted by atomic mass is 31.2. The Labute approximate surface area is 362 Å². The van der Waals surface area contributed by atoms with Crippen LogP contribution in [-0.4, -0.2) is 75.2 Å². The molecule has 1 N–H and O–H groups in total. The molecule has 0 aromatic heterocycles. The first kappa shape index (κ1) is 56.0.